The highest BCUT2D eigenvalue weighted by Gasteiger charge is 2.01. The van der Waals surface area contributed by atoms with Crippen LogP contribution in [0.2, 0.25) is 10.0 Å². The Morgan fingerprint density at radius 3 is 2.77 bits per heavy atom. The van der Waals surface area contributed by atoms with Gasteiger partial charge in [0.25, 0.3) is 0 Å². The molecule has 0 aliphatic carbocycles. The van der Waals surface area contributed by atoms with Crippen LogP contribution < -0.4 is 10.5 Å². The quantitative estimate of drug-likeness (QED) is 0.791. The van der Waals surface area contributed by atoms with Crippen molar-refractivity contribution in [2.24, 2.45) is 5.73 Å². The van der Waals surface area contributed by atoms with Gasteiger partial charge in [0.2, 0.25) is 0 Å². The third kappa shape index (κ3) is 3.43. The summed E-state index contributed by atoms with van der Waals surface area (Å²) >= 11 is 11.6. The minimum absolute atomic E-state index is 0.566. The van der Waals surface area contributed by atoms with Gasteiger partial charge in [0.1, 0.15) is 5.75 Å². The van der Waals surface area contributed by atoms with Crippen molar-refractivity contribution >= 4 is 23.2 Å². The molecule has 0 saturated carbocycles. The van der Waals surface area contributed by atoms with E-state index in [0.717, 1.165) is 6.42 Å². The molecule has 0 unspecified atom stereocenters. The maximum atomic E-state index is 5.86. The van der Waals surface area contributed by atoms with Gasteiger partial charge in [0.15, 0.2) is 0 Å². The van der Waals surface area contributed by atoms with E-state index in [2.05, 4.69) is 0 Å². The van der Waals surface area contributed by atoms with Gasteiger partial charge in [0.05, 0.1) is 11.6 Å². The molecule has 0 spiro atoms. The summed E-state index contributed by atoms with van der Waals surface area (Å²) in [6.07, 6.45) is 0.808. The van der Waals surface area contributed by atoms with Crippen LogP contribution in [0.5, 0.6) is 5.75 Å². The van der Waals surface area contributed by atoms with E-state index in [1.165, 1.54) is 0 Å². The van der Waals surface area contributed by atoms with E-state index >= 15 is 0 Å². The molecule has 0 aliphatic heterocycles. The van der Waals surface area contributed by atoms with E-state index in [0.29, 0.717) is 28.9 Å². The molecule has 0 aromatic heterocycles. The first-order chi connectivity index (χ1) is 6.24. The van der Waals surface area contributed by atoms with E-state index in [4.69, 9.17) is 33.7 Å². The summed E-state index contributed by atoms with van der Waals surface area (Å²) in [5.41, 5.74) is 5.32. The summed E-state index contributed by atoms with van der Waals surface area (Å²) in [5.74, 6) is 0.614. The number of nitrogens with two attached hydrogens (primary N) is 1. The first kappa shape index (κ1) is 10.6. The molecule has 13 heavy (non-hydrogen) atoms. The zero-order valence-electron chi connectivity index (χ0n) is 7.09. The van der Waals surface area contributed by atoms with Crippen molar-refractivity contribution < 1.29 is 4.74 Å². The van der Waals surface area contributed by atoms with Crippen molar-refractivity contribution in [2.45, 2.75) is 6.42 Å². The minimum atomic E-state index is 0.566. The highest BCUT2D eigenvalue weighted by Crippen LogP contribution is 2.27. The van der Waals surface area contributed by atoms with E-state index in [-0.39, 0.29) is 0 Å². The van der Waals surface area contributed by atoms with Gasteiger partial charge in [-0.25, -0.2) is 0 Å². The predicted molar refractivity (Wildman–Crippen MR) is 55.6 cm³/mol. The van der Waals surface area contributed by atoms with E-state index in [9.17, 15) is 0 Å². The Balaban J connectivity index is 2.59. The molecular formula is C9H11Cl2NO. The number of halogens is 2. The molecule has 0 atom stereocenters. The second-order valence-corrected chi connectivity index (χ2v) is 3.41. The third-order valence-corrected chi connectivity index (χ3v) is 2.05. The molecule has 0 bridgehead atoms. The number of benzene rings is 1. The van der Waals surface area contributed by atoms with Crippen LogP contribution in [0, 0.1) is 0 Å². The van der Waals surface area contributed by atoms with Crippen LogP contribution >= 0.6 is 23.2 Å². The van der Waals surface area contributed by atoms with Crippen molar-refractivity contribution in [1.82, 2.24) is 0 Å². The Labute approximate surface area is 87.6 Å². The van der Waals surface area contributed by atoms with E-state index in [1.807, 2.05) is 0 Å². The molecule has 1 rings (SSSR count). The fourth-order valence-electron chi connectivity index (χ4n) is 0.853. The lowest BCUT2D eigenvalue weighted by molar-refractivity contribution is 0.313. The maximum absolute atomic E-state index is 5.86. The number of rotatable bonds is 4. The summed E-state index contributed by atoms with van der Waals surface area (Å²) in [5, 5.41) is 1.19. The molecular weight excluding hydrogens is 209 g/mol. The number of hydrogen-bond donors (Lipinski definition) is 1. The van der Waals surface area contributed by atoms with Gasteiger partial charge in [-0.15, -0.1) is 0 Å². The lowest BCUT2D eigenvalue weighted by atomic mass is 10.3. The third-order valence-electron chi connectivity index (χ3n) is 1.50. The summed E-state index contributed by atoms with van der Waals surface area (Å²) < 4.78 is 5.36. The minimum Gasteiger partial charge on any atom is -0.492 e. The van der Waals surface area contributed by atoms with Crippen molar-refractivity contribution in [2.75, 3.05) is 13.2 Å². The smallest absolute Gasteiger partial charge is 0.139 e. The van der Waals surface area contributed by atoms with Gasteiger partial charge in [-0.05, 0) is 25.1 Å². The lowest BCUT2D eigenvalue weighted by Crippen LogP contribution is -2.06. The average Bonchev–Trinajstić information content (AvgIpc) is 2.11. The van der Waals surface area contributed by atoms with Crippen LogP contribution in [0.25, 0.3) is 0 Å². The Bertz CT molecular complexity index is 278. The van der Waals surface area contributed by atoms with Crippen molar-refractivity contribution in [3.8, 4) is 5.75 Å². The van der Waals surface area contributed by atoms with Crippen LogP contribution in [-0.4, -0.2) is 13.2 Å². The van der Waals surface area contributed by atoms with Crippen LogP contribution in [0.4, 0.5) is 0 Å². The normalized spacial score (nSPS) is 10.1. The second-order valence-electron chi connectivity index (χ2n) is 2.57. The zero-order valence-corrected chi connectivity index (χ0v) is 8.61. The molecule has 0 aliphatic rings. The van der Waals surface area contributed by atoms with Crippen LogP contribution in [0.15, 0.2) is 18.2 Å². The molecule has 0 heterocycles. The summed E-state index contributed by atoms with van der Waals surface area (Å²) in [6, 6.07) is 5.13. The SMILES string of the molecule is NCCCOc1cc(Cl)ccc1Cl. The lowest BCUT2D eigenvalue weighted by Gasteiger charge is -2.06. The Kier molecular flexibility index (Phi) is 4.36. The largest absolute Gasteiger partial charge is 0.492 e. The van der Waals surface area contributed by atoms with Gasteiger partial charge in [-0.1, -0.05) is 23.2 Å². The Morgan fingerprint density at radius 2 is 2.08 bits per heavy atom. The molecule has 0 amide bonds. The van der Waals surface area contributed by atoms with Crippen LogP contribution in [0.1, 0.15) is 6.42 Å². The molecule has 1 aromatic rings. The number of ether oxygens (including phenoxy) is 1. The van der Waals surface area contributed by atoms with Gasteiger partial charge < -0.3 is 10.5 Å². The van der Waals surface area contributed by atoms with Crippen LogP contribution in [-0.2, 0) is 0 Å². The molecule has 2 nitrogen and oxygen atoms in total. The highest BCUT2D eigenvalue weighted by atomic mass is 35.5. The van der Waals surface area contributed by atoms with Gasteiger partial charge in [-0.3, -0.25) is 0 Å². The summed E-state index contributed by atoms with van der Waals surface area (Å²) in [4.78, 5) is 0. The van der Waals surface area contributed by atoms with Crippen molar-refractivity contribution in [3.63, 3.8) is 0 Å². The van der Waals surface area contributed by atoms with Crippen molar-refractivity contribution in [3.05, 3.63) is 28.2 Å². The Hall–Kier alpha value is -0.440. The standard InChI is InChI=1S/C9H11Cl2NO/c10-7-2-3-8(11)9(6-7)13-5-1-4-12/h2-3,6H,1,4-5,12H2. The molecule has 4 heteroatoms. The van der Waals surface area contributed by atoms with Gasteiger partial charge >= 0.3 is 0 Å². The number of hydrogen-bond acceptors (Lipinski definition) is 2. The molecule has 1 aromatic carbocycles. The average molecular weight is 220 g/mol. The fourth-order valence-corrected chi connectivity index (χ4v) is 1.19. The first-order valence-electron chi connectivity index (χ1n) is 4.02. The van der Waals surface area contributed by atoms with E-state index < -0.39 is 0 Å². The zero-order chi connectivity index (χ0) is 9.68. The molecule has 72 valence electrons. The van der Waals surface area contributed by atoms with Gasteiger partial charge in [0, 0.05) is 11.1 Å². The summed E-state index contributed by atoms with van der Waals surface area (Å²) in [6.45, 7) is 1.18. The molecule has 0 fully saturated rings. The Morgan fingerprint density at radius 1 is 1.31 bits per heavy atom. The van der Waals surface area contributed by atoms with Gasteiger partial charge in [-0.2, -0.15) is 0 Å². The molecule has 0 radical (unpaired) electrons. The van der Waals surface area contributed by atoms with Crippen molar-refractivity contribution in [1.29, 1.82) is 0 Å². The monoisotopic (exact) mass is 219 g/mol. The fraction of sp³-hybridized carbons (Fsp3) is 0.333. The topological polar surface area (TPSA) is 35.2 Å². The maximum Gasteiger partial charge on any atom is 0.139 e. The summed E-state index contributed by atoms with van der Waals surface area (Å²) in [7, 11) is 0. The first-order valence-corrected chi connectivity index (χ1v) is 4.77. The van der Waals surface area contributed by atoms with Crippen LogP contribution in [0.3, 0.4) is 0 Å². The molecule has 2 N–H and O–H groups in total. The second kappa shape index (κ2) is 5.32. The van der Waals surface area contributed by atoms with E-state index in [1.54, 1.807) is 18.2 Å². The highest BCUT2D eigenvalue weighted by molar-refractivity contribution is 6.34. The predicted octanol–water partition coefficient (Wildman–Crippen LogP) is 2.72. The molecule has 0 saturated heterocycles.